The van der Waals surface area contributed by atoms with Gasteiger partial charge in [0.2, 0.25) is 10.0 Å². The Hall–Kier alpha value is -0.130. The lowest BCUT2D eigenvalue weighted by Gasteiger charge is -2.35. The summed E-state index contributed by atoms with van der Waals surface area (Å²) in [6, 6.07) is 0. The highest BCUT2D eigenvalue weighted by molar-refractivity contribution is 7.91. The fraction of sp³-hybridized carbons (Fsp3) is 1.00. The van der Waals surface area contributed by atoms with Crippen LogP contribution in [0.1, 0.15) is 53.9 Å². The summed E-state index contributed by atoms with van der Waals surface area (Å²) in [5.41, 5.74) is -1.03. The average molecular weight is 263 g/mol. The molecule has 1 unspecified atom stereocenters. The maximum absolute atomic E-state index is 12.5. The van der Waals surface area contributed by atoms with Gasteiger partial charge in [0.15, 0.2) is 0 Å². The Labute approximate surface area is 105 Å². The van der Waals surface area contributed by atoms with Crippen LogP contribution in [-0.4, -0.2) is 30.4 Å². The van der Waals surface area contributed by atoms with E-state index in [0.29, 0.717) is 19.3 Å². The van der Waals surface area contributed by atoms with Crippen LogP contribution in [0.2, 0.25) is 0 Å². The lowest BCUT2D eigenvalue weighted by atomic mass is 9.90. The molecule has 5 heteroatoms. The molecule has 0 aromatic heterocycles. The van der Waals surface area contributed by atoms with E-state index in [-0.39, 0.29) is 12.0 Å². The van der Waals surface area contributed by atoms with Crippen LogP contribution in [0.15, 0.2) is 0 Å². The minimum absolute atomic E-state index is 0.178. The Kier molecular flexibility index (Phi) is 3.70. The molecule has 2 N–H and O–H groups in total. The molecule has 0 saturated heterocycles. The van der Waals surface area contributed by atoms with Crippen LogP contribution in [-0.2, 0) is 10.0 Å². The Morgan fingerprint density at radius 1 is 1.24 bits per heavy atom. The molecule has 0 aromatic rings. The zero-order chi connectivity index (χ0) is 13.5. The van der Waals surface area contributed by atoms with Crippen molar-refractivity contribution in [2.45, 2.75) is 64.2 Å². The van der Waals surface area contributed by atoms with Gasteiger partial charge >= 0.3 is 0 Å². The van der Waals surface area contributed by atoms with Gasteiger partial charge in [-0.3, -0.25) is 0 Å². The summed E-state index contributed by atoms with van der Waals surface area (Å²) in [7, 11) is -3.40. The van der Waals surface area contributed by atoms with Crippen LogP contribution in [0.5, 0.6) is 0 Å². The molecule has 1 rings (SSSR count). The van der Waals surface area contributed by atoms with Gasteiger partial charge in [0.1, 0.15) is 0 Å². The van der Waals surface area contributed by atoms with Crippen molar-refractivity contribution >= 4 is 10.0 Å². The molecule has 0 bridgehead atoms. The first-order chi connectivity index (χ1) is 7.54. The molecular formula is C12H25NO3S. The monoisotopic (exact) mass is 263 g/mol. The highest BCUT2D eigenvalue weighted by Gasteiger charge is 2.62. The maximum atomic E-state index is 12.5. The summed E-state index contributed by atoms with van der Waals surface area (Å²) in [4.78, 5) is 0. The van der Waals surface area contributed by atoms with Crippen molar-refractivity contribution in [1.29, 1.82) is 0 Å². The van der Waals surface area contributed by atoms with E-state index in [1.807, 2.05) is 27.7 Å². The van der Waals surface area contributed by atoms with Crippen molar-refractivity contribution in [2.75, 3.05) is 6.61 Å². The number of nitrogens with one attached hydrogen (secondary N) is 1. The van der Waals surface area contributed by atoms with E-state index in [1.165, 1.54) is 0 Å². The Bertz CT molecular complexity index is 373. The van der Waals surface area contributed by atoms with Crippen molar-refractivity contribution in [1.82, 2.24) is 4.72 Å². The molecule has 1 atom stereocenters. The highest BCUT2D eigenvalue weighted by Crippen LogP contribution is 2.55. The minimum atomic E-state index is -3.40. The zero-order valence-electron chi connectivity index (χ0n) is 11.5. The first-order valence-corrected chi connectivity index (χ1v) is 7.66. The quantitative estimate of drug-likeness (QED) is 0.792. The van der Waals surface area contributed by atoms with E-state index < -0.39 is 20.3 Å². The van der Waals surface area contributed by atoms with Gasteiger partial charge < -0.3 is 5.11 Å². The third-order valence-electron chi connectivity index (χ3n) is 4.10. The molecule has 0 aromatic carbocycles. The summed E-state index contributed by atoms with van der Waals surface area (Å²) in [5.74, 6) is 0. The third kappa shape index (κ3) is 2.51. The molecule has 0 spiro atoms. The number of rotatable bonds is 5. The predicted molar refractivity (Wildman–Crippen MR) is 69.3 cm³/mol. The molecule has 1 fully saturated rings. The molecule has 1 saturated carbocycles. The van der Waals surface area contributed by atoms with Gasteiger partial charge in [-0.25, -0.2) is 13.1 Å². The summed E-state index contributed by atoms with van der Waals surface area (Å²) in [5, 5.41) is 9.31. The van der Waals surface area contributed by atoms with Gasteiger partial charge in [-0.05, 0) is 31.6 Å². The van der Waals surface area contributed by atoms with E-state index in [1.54, 1.807) is 6.92 Å². The molecule has 0 amide bonds. The standard InChI is InChI=1S/C12H25NO3S/c1-6-11(5,9-14)13-17(15,16)12(7-8-12)10(2,3)4/h13-14H,6-9H2,1-5H3. The van der Waals surface area contributed by atoms with Gasteiger partial charge in [-0.2, -0.15) is 0 Å². The first-order valence-electron chi connectivity index (χ1n) is 6.18. The van der Waals surface area contributed by atoms with E-state index in [4.69, 9.17) is 0 Å². The number of sulfonamides is 1. The zero-order valence-corrected chi connectivity index (χ0v) is 12.3. The van der Waals surface area contributed by atoms with Gasteiger partial charge in [-0.1, -0.05) is 27.7 Å². The topological polar surface area (TPSA) is 66.4 Å². The largest absolute Gasteiger partial charge is 0.394 e. The number of hydrogen-bond acceptors (Lipinski definition) is 3. The molecule has 1 aliphatic carbocycles. The number of aliphatic hydroxyl groups is 1. The average Bonchev–Trinajstić information content (AvgIpc) is 2.96. The second-order valence-corrected chi connectivity index (χ2v) is 8.41. The molecule has 17 heavy (non-hydrogen) atoms. The molecule has 102 valence electrons. The van der Waals surface area contributed by atoms with Gasteiger partial charge in [-0.15, -0.1) is 0 Å². The van der Waals surface area contributed by atoms with E-state index >= 15 is 0 Å². The van der Waals surface area contributed by atoms with Crippen molar-refractivity contribution in [3.05, 3.63) is 0 Å². The van der Waals surface area contributed by atoms with Gasteiger partial charge in [0.05, 0.1) is 16.9 Å². The molecule has 0 aliphatic heterocycles. The lowest BCUT2D eigenvalue weighted by Crippen LogP contribution is -2.54. The van der Waals surface area contributed by atoms with Crippen LogP contribution in [0.3, 0.4) is 0 Å². The highest BCUT2D eigenvalue weighted by atomic mass is 32.2. The van der Waals surface area contributed by atoms with E-state index in [0.717, 1.165) is 0 Å². The van der Waals surface area contributed by atoms with E-state index in [2.05, 4.69) is 4.72 Å². The van der Waals surface area contributed by atoms with Crippen LogP contribution in [0.4, 0.5) is 0 Å². The Morgan fingerprint density at radius 2 is 1.71 bits per heavy atom. The van der Waals surface area contributed by atoms with Crippen molar-refractivity contribution in [2.24, 2.45) is 5.41 Å². The first kappa shape index (κ1) is 14.9. The molecule has 0 radical (unpaired) electrons. The SMILES string of the molecule is CCC(C)(CO)NS(=O)(=O)C1(C(C)(C)C)CC1. The van der Waals surface area contributed by atoms with Crippen LogP contribution >= 0.6 is 0 Å². The third-order valence-corrected chi connectivity index (χ3v) is 6.91. The maximum Gasteiger partial charge on any atom is 0.218 e. The van der Waals surface area contributed by atoms with Gasteiger partial charge in [0, 0.05) is 0 Å². The second-order valence-electron chi connectivity index (χ2n) is 6.42. The summed E-state index contributed by atoms with van der Waals surface area (Å²) < 4.78 is 27.0. The normalized spacial score (nSPS) is 23.2. The molecule has 1 aliphatic rings. The van der Waals surface area contributed by atoms with Crippen molar-refractivity contribution in [3.63, 3.8) is 0 Å². The van der Waals surface area contributed by atoms with Crippen molar-refractivity contribution < 1.29 is 13.5 Å². The van der Waals surface area contributed by atoms with Crippen LogP contribution in [0.25, 0.3) is 0 Å². The fourth-order valence-electron chi connectivity index (χ4n) is 2.17. The lowest BCUT2D eigenvalue weighted by molar-refractivity contribution is 0.189. The molecule has 4 nitrogen and oxygen atoms in total. The van der Waals surface area contributed by atoms with Crippen LogP contribution in [0, 0.1) is 5.41 Å². The van der Waals surface area contributed by atoms with Gasteiger partial charge in [0.25, 0.3) is 0 Å². The Morgan fingerprint density at radius 3 is 1.94 bits per heavy atom. The predicted octanol–water partition coefficient (Wildman–Crippen LogP) is 1.65. The smallest absolute Gasteiger partial charge is 0.218 e. The fourth-order valence-corrected chi connectivity index (χ4v) is 4.67. The second kappa shape index (κ2) is 4.21. The summed E-state index contributed by atoms with van der Waals surface area (Å²) in [6.07, 6.45) is 1.98. The molecular weight excluding hydrogens is 238 g/mol. The summed E-state index contributed by atoms with van der Waals surface area (Å²) in [6.45, 7) is 9.31. The summed E-state index contributed by atoms with van der Waals surface area (Å²) >= 11 is 0. The number of aliphatic hydroxyl groups excluding tert-OH is 1. The Balaban J connectivity index is 2.99. The minimum Gasteiger partial charge on any atom is -0.394 e. The van der Waals surface area contributed by atoms with E-state index in [9.17, 15) is 13.5 Å². The molecule has 0 heterocycles. The van der Waals surface area contributed by atoms with Crippen LogP contribution < -0.4 is 4.72 Å². The van der Waals surface area contributed by atoms with Crippen molar-refractivity contribution in [3.8, 4) is 0 Å². The number of hydrogen-bond donors (Lipinski definition) is 2.